The van der Waals surface area contributed by atoms with Gasteiger partial charge in [0.05, 0.1) is 10.0 Å². The third kappa shape index (κ3) is 5.77. The minimum Gasteiger partial charge on any atom is -0.505 e. The van der Waals surface area contributed by atoms with Crippen molar-refractivity contribution in [3.05, 3.63) is 63.9 Å². The van der Waals surface area contributed by atoms with Crippen LogP contribution in [0.4, 0.5) is 0 Å². The van der Waals surface area contributed by atoms with Crippen LogP contribution >= 0.6 is 23.2 Å². The highest BCUT2D eigenvalue weighted by Gasteiger charge is 2.10. The second-order valence-electron chi connectivity index (χ2n) is 4.92. The number of hydrogen-bond donors (Lipinski definition) is 3. The molecule has 6 nitrogen and oxygen atoms in total. The molecule has 25 heavy (non-hydrogen) atoms. The van der Waals surface area contributed by atoms with Gasteiger partial charge in [0.25, 0.3) is 5.91 Å². The van der Waals surface area contributed by atoms with E-state index in [0.29, 0.717) is 10.0 Å². The molecular formula is C17H15Cl2N3O3. The Morgan fingerprint density at radius 2 is 1.88 bits per heavy atom. The number of rotatable bonds is 6. The second kappa shape index (κ2) is 9.05. The molecule has 0 atom stereocenters. The first-order chi connectivity index (χ1) is 12.0. The van der Waals surface area contributed by atoms with Gasteiger partial charge in [0.15, 0.2) is 5.69 Å². The zero-order chi connectivity index (χ0) is 18.2. The number of pyridine rings is 1. The highest BCUT2D eigenvalue weighted by molar-refractivity contribution is 6.42. The fraction of sp³-hybridized carbons (Fsp3) is 0.118. The summed E-state index contributed by atoms with van der Waals surface area (Å²) in [6, 6.07) is 7.92. The molecule has 0 aliphatic carbocycles. The first-order valence-electron chi connectivity index (χ1n) is 7.30. The van der Waals surface area contributed by atoms with Crippen LogP contribution in [0.15, 0.2) is 42.6 Å². The number of nitrogens with zero attached hydrogens (tertiary/aromatic N) is 1. The van der Waals surface area contributed by atoms with Crippen LogP contribution in [-0.2, 0) is 4.79 Å². The molecule has 0 bridgehead atoms. The van der Waals surface area contributed by atoms with Gasteiger partial charge < -0.3 is 15.7 Å². The van der Waals surface area contributed by atoms with E-state index in [1.807, 2.05) is 0 Å². The Labute approximate surface area is 154 Å². The van der Waals surface area contributed by atoms with Gasteiger partial charge in [0, 0.05) is 25.4 Å². The van der Waals surface area contributed by atoms with Crippen molar-refractivity contribution in [2.24, 2.45) is 0 Å². The summed E-state index contributed by atoms with van der Waals surface area (Å²) in [4.78, 5) is 27.3. The molecule has 0 aliphatic rings. The van der Waals surface area contributed by atoms with E-state index in [4.69, 9.17) is 23.2 Å². The fourth-order valence-corrected chi connectivity index (χ4v) is 2.17. The molecule has 1 aromatic carbocycles. The van der Waals surface area contributed by atoms with Crippen molar-refractivity contribution in [2.75, 3.05) is 13.1 Å². The van der Waals surface area contributed by atoms with Crippen LogP contribution < -0.4 is 10.6 Å². The minimum atomic E-state index is -0.515. The number of amides is 2. The van der Waals surface area contributed by atoms with E-state index in [2.05, 4.69) is 15.6 Å². The van der Waals surface area contributed by atoms with Gasteiger partial charge in [-0.15, -0.1) is 0 Å². The number of carbonyl (C=O) groups excluding carboxylic acids is 2. The lowest BCUT2D eigenvalue weighted by Gasteiger charge is -2.06. The van der Waals surface area contributed by atoms with E-state index in [-0.39, 0.29) is 30.4 Å². The molecule has 2 aromatic rings. The van der Waals surface area contributed by atoms with Crippen molar-refractivity contribution in [2.45, 2.75) is 0 Å². The lowest BCUT2D eigenvalue weighted by molar-refractivity contribution is -0.116. The Bertz CT molecular complexity index is 809. The van der Waals surface area contributed by atoms with E-state index >= 15 is 0 Å². The van der Waals surface area contributed by atoms with Crippen molar-refractivity contribution in [3.63, 3.8) is 0 Å². The van der Waals surface area contributed by atoms with Gasteiger partial charge in [0.1, 0.15) is 5.75 Å². The summed E-state index contributed by atoms with van der Waals surface area (Å²) >= 11 is 11.7. The van der Waals surface area contributed by atoms with Crippen molar-refractivity contribution in [1.82, 2.24) is 15.6 Å². The number of nitrogens with one attached hydrogen (secondary N) is 2. The highest BCUT2D eigenvalue weighted by atomic mass is 35.5. The molecule has 2 rings (SSSR count). The maximum absolute atomic E-state index is 11.8. The van der Waals surface area contributed by atoms with E-state index < -0.39 is 5.91 Å². The number of aromatic nitrogens is 1. The summed E-state index contributed by atoms with van der Waals surface area (Å²) in [5.74, 6) is -1.03. The average Bonchev–Trinajstić information content (AvgIpc) is 2.60. The quantitative estimate of drug-likeness (QED) is 0.531. The maximum Gasteiger partial charge on any atom is 0.273 e. The number of benzene rings is 1. The smallest absolute Gasteiger partial charge is 0.273 e. The molecule has 0 saturated heterocycles. The first kappa shape index (κ1) is 18.8. The molecular weight excluding hydrogens is 365 g/mol. The number of carbonyl (C=O) groups is 2. The van der Waals surface area contributed by atoms with Crippen LogP contribution in [-0.4, -0.2) is 35.0 Å². The van der Waals surface area contributed by atoms with Crippen LogP contribution in [0, 0.1) is 0 Å². The number of aromatic hydroxyl groups is 1. The zero-order valence-electron chi connectivity index (χ0n) is 13.0. The lowest BCUT2D eigenvalue weighted by Crippen LogP contribution is -2.34. The van der Waals surface area contributed by atoms with Gasteiger partial charge >= 0.3 is 0 Å². The Kier molecular flexibility index (Phi) is 6.80. The summed E-state index contributed by atoms with van der Waals surface area (Å²) in [6.45, 7) is 0.422. The van der Waals surface area contributed by atoms with Crippen LogP contribution in [0.2, 0.25) is 10.0 Å². The molecule has 0 aliphatic heterocycles. The zero-order valence-corrected chi connectivity index (χ0v) is 14.5. The summed E-state index contributed by atoms with van der Waals surface area (Å²) in [7, 11) is 0. The Hall–Kier alpha value is -2.57. The van der Waals surface area contributed by atoms with Crippen molar-refractivity contribution < 1.29 is 14.7 Å². The van der Waals surface area contributed by atoms with Crippen LogP contribution in [0.1, 0.15) is 16.1 Å². The molecule has 0 unspecified atom stereocenters. The van der Waals surface area contributed by atoms with Gasteiger partial charge in [-0.3, -0.25) is 9.59 Å². The van der Waals surface area contributed by atoms with Gasteiger partial charge in [-0.1, -0.05) is 29.3 Å². The van der Waals surface area contributed by atoms with E-state index in [1.165, 1.54) is 24.4 Å². The molecule has 3 N–H and O–H groups in total. The number of halogens is 2. The monoisotopic (exact) mass is 379 g/mol. The van der Waals surface area contributed by atoms with Crippen LogP contribution in [0.3, 0.4) is 0 Å². The SMILES string of the molecule is O=C(/C=C/c1ccc(Cl)c(Cl)c1)NCCNC(=O)c1ncccc1O. The molecule has 8 heteroatoms. The van der Waals surface area contributed by atoms with Crippen molar-refractivity contribution in [1.29, 1.82) is 0 Å². The Balaban J connectivity index is 1.75. The summed E-state index contributed by atoms with van der Waals surface area (Å²) in [5, 5.41) is 15.5. The average molecular weight is 380 g/mol. The van der Waals surface area contributed by atoms with E-state index in [1.54, 1.807) is 24.3 Å². The molecule has 0 spiro atoms. The largest absolute Gasteiger partial charge is 0.505 e. The van der Waals surface area contributed by atoms with Gasteiger partial charge in [-0.05, 0) is 35.9 Å². The molecule has 0 radical (unpaired) electrons. The van der Waals surface area contributed by atoms with E-state index in [9.17, 15) is 14.7 Å². The minimum absolute atomic E-state index is 0.0617. The molecule has 2 amide bonds. The van der Waals surface area contributed by atoms with Gasteiger partial charge in [-0.2, -0.15) is 0 Å². The second-order valence-corrected chi connectivity index (χ2v) is 5.74. The van der Waals surface area contributed by atoms with Crippen molar-refractivity contribution in [3.8, 4) is 5.75 Å². The highest BCUT2D eigenvalue weighted by Crippen LogP contribution is 2.23. The lowest BCUT2D eigenvalue weighted by atomic mass is 10.2. The maximum atomic E-state index is 11.8. The topological polar surface area (TPSA) is 91.3 Å². The Morgan fingerprint density at radius 3 is 2.60 bits per heavy atom. The molecule has 0 saturated carbocycles. The first-order valence-corrected chi connectivity index (χ1v) is 8.06. The third-order valence-corrected chi connectivity index (χ3v) is 3.82. The van der Waals surface area contributed by atoms with Crippen LogP contribution in [0.5, 0.6) is 5.75 Å². The predicted molar refractivity (Wildman–Crippen MR) is 96.7 cm³/mol. The standard InChI is InChI=1S/C17H15Cl2N3O3/c18-12-5-3-11(10-13(12)19)4-6-15(24)20-8-9-22-17(25)16-14(23)2-1-7-21-16/h1-7,10,23H,8-9H2,(H,20,24)(H,22,25)/b6-4+. The van der Waals surface area contributed by atoms with Crippen LogP contribution in [0.25, 0.3) is 6.08 Å². The summed E-state index contributed by atoms with van der Waals surface area (Å²) < 4.78 is 0. The van der Waals surface area contributed by atoms with Crippen molar-refractivity contribution >= 4 is 41.1 Å². The van der Waals surface area contributed by atoms with Gasteiger partial charge in [0.2, 0.25) is 5.91 Å². The normalized spacial score (nSPS) is 10.6. The Morgan fingerprint density at radius 1 is 1.12 bits per heavy atom. The summed E-state index contributed by atoms with van der Waals surface area (Å²) in [6.07, 6.45) is 4.36. The molecule has 0 fully saturated rings. The fourth-order valence-electron chi connectivity index (χ4n) is 1.86. The molecule has 130 valence electrons. The van der Waals surface area contributed by atoms with E-state index in [0.717, 1.165) is 5.56 Å². The molecule has 1 heterocycles. The number of hydrogen-bond acceptors (Lipinski definition) is 4. The third-order valence-electron chi connectivity index (χ3n) is 3.08. The van der Waals surface area contributed by atoms with Gasteiger partial charge in [-0.25, -0.2) is 4.98 Å². The predicted octanol–water partition coefficient (Wildman–Crippen LogP) is 2.65. The molecule has 1 aromatic heterocycles. The summed E-state index contributed by atoms with van der Waals surface area (Å²) in [5.41, 5.74) is 0.678.